The number of anilines is 3. The Morgan fingerprint density at radius 1 is 1.22 bits per heavy atom. The van der Waals surface area contributed by atoms with Gasteiger partial charge in [0.1, 0.15) is 11.6 Å². The molecule has 1 N–H and O–H groups in total. The van der Waals surface area contributed by atoms with Crippen molar-refractivity contribution in [1.82, 2.24) is 4.98 Å². The lowest BCUT2D eigenvalue weighted by Crippen LogP contribution is -2.06. The van der Waals surface area contributed by atoms with Crippen LogP contribution < -0.4 is 10.3 Å². The Bertz CT molecular complexity index is 762. The minimum Gasteiger partial charge on any atom is -0.338 e. The van der Waals surface area contributed by atoms with Crippen molar-refractivity contribution in [3.63, 3.8) is 0 Å². The molecule has 23 heavy (non-hydrogen) atoms. The molecular formula is C17H16FN5. The number of pyridine rings is 1. The zero-order chi connectivity index (χ0) is 16.8. The fourth-order valence-electron chi connectivity index (χ4n) is 1.95. The van der Waals surface area contributed by atoms with Crippen LogP contribution in [0.1, 0.15) is 5.56 Å². The van der Waals surface area contributed by atoms with Crippen LogP contribution in [0.25, 0.3) is 6.08 Å². The first kappa shape index (κ1) is 16.1. The van der Waals surface area contributed by atoms with Gasteiger partial charge in [-0.15, -0.1) is 0 Å². The van der Waals surface area contributed by atoms with Gasteiger partial charge in [0.2, 0.25) is 0 Å². The zero-order valence-electron chi connectivity index (χ0n) is 12.5. The molecule has 0 aliphatic rings. The molecule has 6 heteroatoms. The third-order valence-electron chi connectivity index (χ3n) is 3.11. The van der Waals surface area contributed by atoms with Crippen LogP contribution in [0.4, 0.5) is 27.3 Å². The van der Waals surface area contributed by atoms with Crippen LogP contribution in [0.15, 0.2) is 59.9 Å². The van der Waals surface area contributed by atoms with Crippen LogP contribution in [-0.4, -0.2) is 18.4 Å². The number of aliphatic imine (C=N–C) groups is 1. The molecule has 0 aliphatic heterocycles. The van der Waals surface area contributed by atoms with E-state index in [1.54, 1.807) is 30.5 Å². The van der Waals surface area contributed by atoms with Gasteiger partial charge in [0.05, 0.1) is 17.1 Å². The van der Waals surface area contributed by atoms with E-state index in [9.17, 15) is 4.39 Å². The maximum atomic E-state index is 14.2. The average Bonchev–Trinajstić information content (AvgIpc) is 2.58. The Labute approximate surface area is 134 Å². The minimum absolute atomic E-state index is 0.274. The van der Waals surface area contributed by atoms with Gasteiger partial charge < -0.3 is 5.32 Å². The summed E-state index contributed by atoms with van der Waals surface area (Å²) in [6.45, 7) is 14.1. The van der Waals surface area contributed by atoms with Gasteiger partial charge in [-0.2, -0.15) is 5.10 Å². The van der Waals surface area contributed by atoms with E-state index in [0.717, 1.165) is 5.56 Å². The molecule has 1 heterocycles. The van der Waals surface area contributed by atoms with Crippen LogP contribution in [-0.2, 0) is 0 Å². The molecule has 1 aromatic carbocycles. The highest BCUT2D eigenvalue weighted by molar-refractivity contribution is 5.70. The molecule has 116 valence electrons. The molecule has 2 aromatic rings. The summed E-state index contributed by atoms with van der Waals surface area (Å²) < 4.78 is 14.2. The SMILES string of the molecule is C=Cc1cnc(Nc2ccc(N(C=C)N=C)cc2F)cc1N=C. The number of rotatable bonds is 7. The zero-order valence-corrected chi connectivity index (χ0v) is 12.5. The van der Waals surface area contributed by atoms with Crippen molar-refractivity contribution in [3.8, 4) is 0 Å². The van der Waals surface area contributed by atoms with Crippen molar-refractivity contribution < 1.29 is 4.39 Å². The molecule has 0 bridgehead atoms. The second kappa shape index (κ2) is 7.13. The predicted molar refractivity (Wildman–Crippen MR) is 95.4 cm³/mol. The Morgan fingerprint density at radius 2 is 2.00 bits per heavy atom. The van der Waals surface area contributed by atoms with Crippen molar-refractivity contribution in [2.45, 2.75) is 0 Å². The molecule has 0 amide bonds. The number of halogens is 1. The average molecular weight is 309 g/mol. The van der Waals surface area contributed by atoms with Crippen molar-refractivity contribution in [1.29, 1.82) is 0 Å². The summed E-state index contributed by atoms with van der Waals surface area (Å²) in [6, 6.07) is 6.26. The van der Waals surface area contributed by atoms with E-state index in [1.807, 2.05) is 0 Å². The van der Waals surface area contributed by atoms with Gasteiger partial charge in [0.25, 0.3) is 0 Å². The molecule has 5 nitrogen and oxygen atoms in total. The van der Waals surface area contributed by atoms with Crippen LogP contribution in [0.5, 0.6) is 0 Å². The molecule has 1 aromatic heterocycles. The normalized spacial score (nSPS) is 9.78. The number of nitrogens with one attached hydrogen (secondary N) is 1. The number of nitrogens with zero attached hydrogens (tertiary/aromatic N) is 4. The number of hydrogen-bond donors (Lipinski definition) is 1. The molecule has 0 atom stereocenters. The minimum atomic E-state index is -0.458. The molecular weight excluding hydrogens is 293 g/mol. The van der Waals surface area contributed by atoms with E-state index in [2.05, 4.69) is 47.0 Å². The van der Waals surface area contributed by atoms with Gasteiger partial charge in [-0.1, -0.05) is 19.2 Å². The first-order valence-electron chi connectivity index (χ1n) is 6.67. The molecule has 0 fully saturated rings. The lowest BCUT2D eigenvalue weighted by atomic mass is 10.2. The first-order valence-corrected chi connectivity index (χ1v) is 6.67. The van der Waals surface area contributed by atoms with E-state index in [1.165, 1.54) is 17.3 Å². The lowest BCUT2D eigenvalue weighted by molar-refractivity contribution is 0.631. The second-order valence-electron chi connectivity index (χ2n) is 4.45. The maximum absolute atomic E-state index is 14.2. The number of hydrogen-bond acceptors (Lipinski definition) is 5. The van der Waals surface area contributed by atoms with Crippen LogP contribution in [0.2, 0.25) is 0 Å². The fraction of sp³-hybridized carbons (Fsp3) is 0. The third-order valence-corrected chi connectivity index (χ3v) is 3.11. The lowest BCUT2D eigenvalue weighted by Gasteiger charge is -2.14. The molecule has 0 radical (unpaired) electrons. The standard InChI is InChI=1S/C17H16FN5/c1-5-12-11-21-17(10-16(12)19-3)22-15-8-7-13(9-14(15)18)23(6-2)20-4/h5-11H,1-4H2,(H,21,22). The summed E-state index contributed by atoms with van der Waals surface area (Å²) >= 11 is 0. The number of benzene rings is 1. The molecule has 0 spiro atoms. The van der Waals surface area contributed by atoms with E-state index >= 15 is 0 Å². The summed E-state index contributed by atoms with van der Waals surface area (Å²) in [4.78, 5) is 8.09. The predicted octanol–water partition coefficient (Wildman–Crippen LogP) is 4.50. The molecule has 2 rings (SSSR count). The summed E-state index contributed by atoms with van der Waals surface area (Å²) in [5.41, 5.74) is 2.15. The monoisotopic (exact) mass is 309 g/mol. The highest BCUT2D eigenvalue weighted by Crippen LogP contribution is 2.27. The van der Waals surface area contributed by atoms with Gasteiger partial charge in [-0.3, -0.25) is 4.99 Å². The van der Waals surface area contributed by atoms with Crippen LogP contribution >= 0.6 is 0 Å². The van der Waals surface area contributed by atoms with Gasteiger partial charge >= 0.3 is 0 Å². The number of hydrazone groups is 1. The maximum Gasteiger partial charge on any atom is 0.148 e. The smallest absolute Gasteiger partial charge is 0.148 e. The summed E-state index contributed by atoms with van der Waals surface area (Å²) in [5.74, 6) is -0.00668. The van der Waals surface area contributed by atoms with E-state index < -0.39 is 5.82 Å². The number of aromatic nitrogens is 1. The van der Waals surface area contributed by atoms with E-state index in [4.69, 9.17) is 0 Å². The van der Waals surface area contributed by atoms with E-state index in [-0.39, 0.29) is 5.69 Å². The Balaban J connectivity index is 2.30. The largest absolute Gasteiger partial charge is 0.338 e. The van der Waals surface area contributed by atoms with Gasteiger partial charge in [0.15, 0.2) is 0 Å². The van der Waals surface area contributed by atoms with Crippen molar-refractivity contribution in [2.24, 2.45) is 10.1 Å². The first-order chi connectivity index (χ1) is 11.1. The summed E-state index contributed by atoms with van der Waals surface area (Å²) in [6.07, 6.45) is 4.65. The molecule has 0 saturated carbocycles. The summed E-state index contributed by atoms with van der Waals surface area (Å²) in [7, 11) is 0. The quantitative estimate of drug-likeness (QED) is 0.605. The second-order valence-corrected chi connectivity index (χ2v) is 4.45. The van der Waals surface area contributed by atoms with Crippen molar-refractivity contribution >= 4 is 42.4 Å². The third kappa shape index (κ3) is 3.49. The van der Waals surface area contributed by atoms with Crippen molar-refractivity contribution in [3.05, 3.63) is 61.2 Å². The topological polar surface area (TPSA) is 52.9 Å². The van der Waals surface area contributed by atoms with Crippen molar-refractivity contribution in [2.75, 3.05) is 10.3 Å². The Hall–Kier alpha value is -3.28. The highest BCUT2D eigenvalue weighted by Gasteiger charge is 2.08. The van der Waals surface area contributed by atoms with E-state index in [0.29, 0.717) is 17.2 Å². The highest BCUT2D eigenvalue weighted by atomic mass is 19.1. The Kier molecular flexibility index (Phi) is 4.99. The van der Waals surface area contributed by atoms with Gasteiger partial charge in [-0.05, 0) is 18.9 Å². The van der Waals surface area contributed by atoms with Crippen LogP contribution in [0, 0.1) is 5.82 Å². The fourth-order valence-corrected chi connectivity index (χ4v) is 1.95. The van der Waals surface area contributed by atoms with Crippen LogP contribution in [0.3, 0.4) is 0 Å². The molecule has 0 saturated heterocycles. The molecule has 0 aliphatic carbocycles. The van der Waals surface area contributed by atoms with Gasteiger partial charge in [0, 0.05) is 36.8 Å². The van der Waals surface area contributed by atoms with Gasteiger partial charge in [-0.25, -0.2) is 14.4 Å². The Morgan fingerprint density at radius 3 is 2.57 bits per heavy atom. The summed E-state index contributed by atoms with van der Waals surface area (Å²) in [5, 5.41) is 7.98. The molecule has 0 unspecified atom stereocenters.